The number of nitrogens with one attached hydrogen (secondary N) is 1. The third kappa shape index (κ3) is 6.14. The van der Waals surface area contributed by atoms with Gasteiger partial charge in [-0.1, -0.05) is 64.7 Å². The first kappa shape index (κ1) is 23.6. The van der Waals surface area contributed by atoms with Crippen LogP contribution >= 0.6 is 35.0 Å². The minimum Gasteiger partial charge on any atom is -0.325 e. The van der Waals surface area contributed by atoms with Crippen molar-refractivity contribution in [3.8, 4) is 0 Å². The van der Waals surface area contributed by atoms with Gasteiger partial charge in [-0.2, -0.15) is 0 Å². The number of anilines is 1. The van der Waals surface area contributed by atoms with E-state index < -0.39 is 5.41 Å². The van der Waals surface area contributed by atoms with Crippen LogP contribution in [0.25, 0.3) is 0 Å². The second-order valence-corrected chi connectivity index (χ2v) is 11.6. The Labute approximate surface area is 183 Å². The van der Waals surface area contributed by atoms with Crippen LogP contribution in [-0.2, 0) is 9.59 Å². The number of halogens is 2. The maximum Gasteiger partial charge on any atom is 0.227 e. The molecule has 0 aliphatic heterocycles. The molecule has 1 aliphatic carbocycles. The summed E-state index contributed by atoms with van der Waals surface area (Å²) >= 11 is 13.4. The van der Waals surface area contributed by atoms with Crippen LogP contribution < -0.4 is 5.32 Å². The average Bonchev–Trinajstić information content (AvgIpc) is 2.57. The highest BCUT2D eigenvalue weighted by Crippen LogP contribution is 2.41. The second kappa shape index (κ2) is 8.97. The number of hydrogen-bond acceptors (Lipinski definition) is 3. The maximum absolute atomic E-state index is 12.9. The van der Waals surface area contributed by atoms with Gasteiger partial charge >= 0.3 is 0 Å². The van der Waals surface area contributed by atoms with Crippen LogP contribution in [0.1, 0.15) is 67.2 Å². The Morgan fingerprint density at radius 2 is 1.50 bits per heavy atom. The molecular weight excluding hydrogens is 413 g/mol. The number of thioether (sulfide) groups is 1. The summed E-state index contributed by atoms with van der Waals surface area (Å²) in [5.41, 5.74) is 0.339. The first-order chi connectivity index (χ1) is 12.8. The van der Waals surface area contributed by atoms with E-state index in [1.807, 2.05) is 20.8 Å². The van der Waals surface area contributed by atoms with Gasteiger partial charge in [0.2, 0.25) is 5.91 Å². The predicted molar refractivity (Wildman–Crippen MR) is 120 cm³/mol. The van der Waals surface area contributed by atoms with Crippen molar-refractivity contribution in [1.82, 2.24) is 0 Å². The number of rotatable bonds is 3. The van der Waals surface area contributed by atoms with Crippen molar-refractivity contribution in [3.63, 3.8) is 0 Å². The molecule has 2 rings (SSSR count). The van der Waals surface area contributed by atoms with E-state index in [0.29, 0.717) is 26.5 Å². The summed E-state index contributed by atoms with van der Waals surface area (Å²) in [6.07, 6.45) is 3.90. The van der Waals surface area contributed by atoms with E-state index in [-0.39, 0.29) is 22.4 Å². The van der Waals surface area contributed by atoms with Gasteiger partial charge in [-0.25, -0.2) is 0 Å². The summed E-state index contributed by atoms with van der Waals surface area (Å²) in [5, 5.41) is 3.74. The van der Waals surface area contributed by atoms with E-state index in [4.69, 9.17) is 23.2 Å². The summed E-state index contributed by atoms with van der Waals surface area (Å²) < 4.78 is 0. The fourth-order valence-electron chi connectivity index (χ4n) is 3.42. The van der Waals surface area contributed by atoms with Crippen LogP contribution in [0.15, 0.2) is 17.0 Å². The highest BCUT2D eigenvalue weighted by Gasteiger charge is 2.33. The molecule has 1 amide bonds. The summed E-state index contributed by atoms with van der Waals surface area (Å²) in [6, 6.07) is 3.30. The first-order valence-electron chi connectivity index (χ1n) is 9.81. The van der Waals surface area contributed by atoms with Gasteiger partial charge in [-0.15, -0.1) is 0 Å². The van der Waals surface area contributed by atoms with Gasteiger partial charge in [0, 0.05) is 16.2 Å². The third-order valence-corrected chi connectivity index (χ3v) is 7.50. The lowest BCUT2D eigenvalue weighted by Crippen LogP contribution is -2.31. The summed E-state index contributed by atoms with van der Waals surface area (Å²) in [5.74, 6) is 0.636. The molecule has 0 bridgehead atoms. The fourth-order valence-corrected chi connectivity index (χ4v) is 4.71. The first-order valence-corrected chi connectivity index (χ1v) is 11.4. The summed E-state index contributed by atoms with van der Waals surface area (Å²) in [7, 11) is 0. The lowest BCUT2D eigenvalue weighted by atomic mass is 9.69. The van der Waals surface area contributed by atoms with Crippen molar-refractivity contribution in [2.75, 3.05) is 5.32 Å². The van der Waals surface area contributed by atoms with E-state index in [0.717, 1.165) is 37.4 Å². The molecule has 1 fully saturated rings. The van der Waals surface area contributed by atoms with Crippen molar-refractivity contribution < 1.29 is 9.59 Å². The fraction of sp³-hybridized carbons (Fsp3) is 0.636. The van der Waals surface area contributed by atoms with E-state index >= 15 is 0 Å². The van der Waals surface area contributed by atoms with Crippen LogP contribution in [-0.4, -0.2) is 11.0 Å². The highest BCUT2D eigenvalue weighted by atomic mass is 35.5. The molecule has 0 spiro atoms. The van der Waals surface area contributed by atoms with Gasteiger partial charge in [0.1, 0.15) is 0 Å². The Balaban J connectivity index is 2.13. The molecule has 28 heavy (non-hydrogen) atoms. The molecule has 0 aromatic heterocycles. The minimum atomic E-state index is -0.497. The molecule has 1 aromatic rings. The van der Waals surface area contributed by atoms with E-state index in [1.54, 1.807) is 12.1 Å². The van der Waals surface area contributed by atoms with E-state index in [9.17, 15) is 9.59 Å². The molecule has 1 N–H and O–H groups in total. The molecule has 1 saturated carbocycles. The maximum atomic E-state index is 12.9. The van der Waals surface area contributed by atoms with Crippen molar-refractivity contribution in [2.45, 2.75) is 72.1 Å². The molecule has 156 valence electrons. The van der Waals surface area contributed by atoms with Gasteiger partial charge in [-0.05, 0) is 60.9 Å². The monoisotopic (exact) mass is 443 g/mol. The zero-order chi connectivity index (χ0) is 21.3. The largest absolute Gasteiger partial charge is 0.325 e. The molecule has 0 atom stereocenters. The highest BCUT2D eigenvalue weighted by molar-refractivity contribution is 8.13. The van der Waals surface area contributed by atoms with Crippen molar-refractivity contribution in [1.29, 1.82) is 0 Å². The average molecular weight is 444 g/mol. The van der Waals surface area contributed by atoms with Crippen molar-refractivity contribution in [2.24, 2.45) is 22.7 Å². The van der Waals surface area contributed by atoms with Gasteiger partial charge < -0.3 is 5.32 Å². The number of amides is 1. The molecule has 0 saturated heterocycles. The molecule has 0 heterocycles. The lowest BCUT2D eigenvalue weighted by Gasteiger charge is -2.36. The topological polar surface area (TPSA) is 46.2 Å². The van der Waals surface area contributed by atoms with Crippen LogP contribution in [0.3, 0.4) is 0 Å². The molecule has 0 radical (unpaired) electrons. The Bertz CT molecular complexity index is 742. The summed E-state index contributed by atoms with van der Waals surface area (Å²) in [4.78, 5) is 26.0. The van der Waals surface area contributed by atoms with Gasteiger partial charge in [-0.3, -0.25) is 9.59 Å². The van der Waals surface area contributed by atoms with Crippen molar-refractivity contribution >= 4 is 51.7 Å². The zero-order valence-electron chi connectivity index (χ0n) is 17.6. The summed E-state index contributed by atoms with van der Waals surface area (Å²) in [6.45, 7) is 12.4. The Hall–Kier alpha value is -0.710. The second-order valence-electron chi connectivity index (χ2n) is 9.81. The number of hydrogen-bond donors (Lipinski definition) is 1. The third-order valence-electron chi connectivity index (χ3n) is 5.42. The molecule has 6 heteroatoms. The lowest BCUT2D eigenvalue weighted by molar-refractivity contribution is -0.121. The quantitative estimate of drug-likeness (QED) is 0.493. The van der Waals surface area contributed by atoms with Crippen molar-refractivity contribution in [3.05, 3.63) is 22.2 Å². The minimum absolute atomic E-state index is 0.00388. The SMILES string of the molecule is CC(C)(C)C(=O)Sc1cc(Cl)c(Cl)cc1NC(=O)C1CCC(C(C)(C)C)CC1. The van der Waals surface area contributed by atoms with Crippen LogP contribution in [0, 0.1) is 22.7 Å². The molecule has 0 unspecified atom stereocenters. The predicted octanol–water partition coefficient (Wildman–Crippen LogP) is 7.45. The normalized spacial score (nSPS) is 20.7. The molecule has 1 aliphatic rings. The smallest absolute Gasteiger partial charge is 0.227 e. The Morgan fingerprint density at radius 1 is 0.964 bits per heavy atom. The zero-order valence-corrected chi connectivity index (χ0v) is 19.9. The van der Waals surface area contributed by atoms with Crippen LogP contribution in [0.5, 0.6) is 0 Å². The molecule has 1 aromatic carbocycles. The van der Waals surface area contributed by atoms with Crippen LogP contribution in [0.2, 0.25) is 10.0 Å². The Kier molecular flexibility index (Phi) is 7.55. The number of carbonyl (C=O) groups excluding carboxylic acids is 2. The number of benzene rings is 1. The number of carbonyl (C=O) groups is 2. The standard InChI is InChI=1S/C22H31Cl2NO2S/c1-21(2,3)14-9-7-13(8-10-14)19(26)25-17-11-15(23)16(24)12-18(17)28-20(27)22(4,5)6/h11-14H,7-10H2,1-6H3,(H,25,26). The van der Waals surface area contributed by atoms with Crippen LogP contribution in [0.4, 0.5) is 5.69 Å². The van der Waals surface area contributed by atoms with Gasteiger partial charge in [0.25, 0.3) is 0 Å². The van der Waals surface area contributed by atoms with E-state index in [1.165, 1.54) is 0 Å². The molecule has 3 nitrogen and oxygen atoms in total. The van der Waals surface area contributed by atoms with Gasteiger partial charge in [0.15, 0.2) is 5.12 Å². The molecular formula is C22H31Cl2NO2S. The van der Waals surface area contributed by atoms with E-state index in [2.05, 4.69) is 26.1 Å². The Morgan fingerprint density at radius 3 is 2.00 bits per heavy atom. The van der Waals surface area contributed by atoms with Gasteiger partial charge in [0.05, 0.1) is 15.7 Å².